The average Bonchev–Trinajstić information content (AvgIpc) is 3.71. The van der Waals surface area contributed by atoms with E-state index in [0.717, 1.165) is 37.2 Å². The van der Waals surface area contributed by atoms with Gasteiger partial charge in [-0.3, -0.25) is 4.98 Å². The number of hydrogen-bond acceptors (Lipinski definition) is 7. The van der Waals surface area contributed by atoms with Crippen LogP contribution in [0.1, 0.15) is 36.9 Å². The molecule has 2 aliphatic rings. The number of anilines is 1. The zero-order chi connectivity index (χ0) is 25.8. The maximum absolute atomic E-state index is 14.9. The van der Waals surface area contributed by atoms with Crippen molar-refractivity contribution in [1.82, 2.24) is 24.8 Å². The first-order valence-corrected chi connectivity index (χ1v) is 12.8. The quantitative estimate of drug-likeness (QED) is 0.413. The minimum atomic E-state index is -0.663. The van der Waals surface area contributed by atoms with Crippen LogP contribution in [-0.4, -0.2) is 50.3 Å². The maximum atomic E-state index is 14.9. The van der Waals surface area contributed by atoms with E-state index in [4.69, 9.17) is 16.6 Å². The molecule has 0 amide bonds. The van der Waals surface area contributed by atoms with Gasteiger partial charge in [-0.05, 0) is 56.5 Å². The predicted molar refractivity (Wildman–Crippen MR) is 141 cm³/mol. The van der Waals surface area contributed by atoms with Gasteiger partial charge in [-0.1, -0.05) is 17.7 Å². The Labute approximate surface area is 217 Å². The number of rotatable bonds is 4. The number of benzene rings is 1. The average molecular weight is 521 g/mol. The van der Waals surface area contributed by atoms with E-state index in [1.165, 1.54) is 22.8 Å². The fourth-order valence-electron chi connectivity index (χ4n) is 5.12. The van der Waals surface area contributed by atoms with Gasteiger partial charge in [0.1, 0.15) is 17.4 Å². The molecule has 2 N–H and O–H groups in total. The van der Waals surface area contributed by atoms with Gasteiger partial charge in [0.2, 0.25) is 0 Å². The van der Waals surface area contributed by atoms with Crippen molar-refractivity contribution in [3.05, 3.63) is 69.1 Å². The number of phenolic OH excluding ortho intramolecular Hbond substituents is 1. The molecule has 2 fully saturated rings. The van der Waals surface area contributed by atoms with Crippen molar-refractivity contribution >= 4 is 28.5 Å². The van der Waals surface area contributed by atoms with Crippen LogP contribution in [0.4, 0.5) is 10.2 Å². The molecule has 1 saturated carbocycles. The van der Waals surface area contributed by atoms with Crippen molar-refractivity contribution in [2.75, 3.05) is 24.5 Å². The highest BCUT2D eigenvalue weighted by Gasteiger charge is 2.32. The molecular weight excluding hydrogens is 495 g/mol. The number of aryl methyl sites for hydroxylation is 1. The van der Waals surface area contributed by atoms with E-state index < -0.39 is 11.5 Å². The number of nitrogens with one attached hydrogen (secondary N) is 1. The van der Waals surface area contributed by atoms with Gasteiger partial charge in [0.25, 0.3) is 0 Å². The van der Waals surface area contributed by atoms with Crippen LogP contribution in [0.3, 0.4) is 0 Å². The standard InChI is InChI=1S/C27H26ClFN6O2/c1-14-8-9-31-22(16-6-7-16)24(14)35-26-17(25(33-27(35)37)34-11-10-30-13-15(34)2)12-18(28)23(32-26)21-19(29)4-3-5-20(21)36/h3-5,8-9,12,15-16,30,36H,6-7,10-11,13H2,1-2H3/t15-/m0/s1. The summed E-state index contributed by atoms with van der Waals surface area (Å²) in [6.07, 6.45) is 3.73. The molecule has 1 atom stereocenters. The number of phenols is 1. The summed E-state index contributed by atoms with van der Waals surface area (Å²) in [7, 11) is 0. The molecule has 10 heteroatoms. The number of hydrogen-bond donors (Lipinski definition) is 2. The van der Waals surface area contributed by atoms with Crippen molar-refractivity contribution in [3.8, 4) is 22.7 Å². The van der Waals surface area contributed by atoms with E-state index in [0.29, 0.717) is 29.1 Å². The molecule has 0 unspecified atom stereocenters. The number of nitrogens with zero attached hydrogens (tertiary/aromatic N) is 5. The first-order valence-electron chi connectivity index (χ1n) is 12.4. The van der Waals surface area contributed by atoms with Crippen LogP contribution in [0.15, 0.2) is 41.3 Å². The van der Waals surface area contributed by atoms with Gasteiger partial charge >= 0.3 is 5.69 Å². The summed E-state index contributed by atoms with van der Waals surface area (Å²) in [5.41, 5.74) is 2.06. The Balaban J connectivity index is 1.72. The second-order valence-corrected chi connectivity index (χ2v) is 10.2. The SMILES string of the molecule is Cc1ccnc(C2CC2)c1-n1c(=O)nc(N2CCNC[C@@H]2C)c2cc(Cl)c(-c3c(O)cccc3F)nc21. The number of fused-ring (bicyclic) bond motifs is 1. The van der Waals surface area contributed by atoms with Crippen LogP contribution in [0.5, 0.6) is 5.75 Å². The lowest BCUT2D eigenvalue weighted by atomic mass is 10.1. The molecule has 1 aliphatic carbocycles. The van der Waals surface area contributed by atoms with E-state index in [1.54, 1.807) is 12.3 Å². The lowest BCUT2D eigenvalue weighted by Crippen LogP contribution is -2.50. The summed E-state index contributed by atoms with van der Waals surface area (Å²) < 4.78 is 16.4. The molecule has 0 radical (unpaired) electrons. The molecule has 37 heavy (non-hydrogen) atoms. The summed E-state index contributed by atoms with van der Waals surface area (Å²) in [4.78, 5) is 29.8. The number of pyridine rings is 2. The zero-order valence-corrected chi connectivity index (χ0v) is 21.3. The molecular formula is C27H26ClFN6O2. The smallest absolute Gasteiger partial charge is 0.355 e. The van der Waals surface area contributed by atoms with E-state index in [-0.39, 0.29) is 34.0 Å². The Hall–Kier alpha value is -3.56. The Morgan fingerprint density at radius 3 is 2.76 bits per heavy atom. The summed E-state index contributed by atoms with van der Waals surface area (Å²) in [5, 5.41) is 14.6. The summed E-state index contributed by atoms with van der Waals surface area (Å²) in [6.45, 7) is 6.11. The largest absolute Gasteiger partial charge is 0.507 e. The second-order valence-electron chi connectivity index (χ2n) is 9.76. The first kappa shape index (κ1) is 23.8. The minimum absolute atomic E-state index is 0.0536. The van der Waals surface area contributed by atoms with Crippen molar-refractivity contribution < 1.29 is 9.50 Å². The third-order valence-corrected chi connectivity index (χ3v) is 7.43. The Morgan fingerprint density at radius 2 is 2.03 bits per heavy atom. The van der Waals surface area contributed by atoms with Crippen LogP contribution >= 0.6 is 11.6 Å². The van der Waals surface area contributed by atoms with Crippen LogP contribution in [0.2, 0.25) is 5.02 Å². The Morgan fingerprint density at radius 1 is 1.22 bits per heavy atom. The fourth-order valence-corrected chi connectivity index (χ4v) is 5.37. The van der Waals surface area contributed by atoms with Gasteiger partial charge in [-0.15, -0.1) is 0 Å². The van der Waals surface area contributed by atoms with Gasteiger partial charge in [-0.25, -0.2) is 18.7 Å². The third kappa shape index (κ3) is 4.02. The highest BCUT2D eigenvalue weighted by Crippen LogP contribution is 2.43. The molecule has 190 valence electrons. The third-order valence-electron chi connectivity index (χ3n) is 7.15. The van der Waals surface area contributed by atoms with Crippen molar-refractivity contribution in [2.45, 2.75) is 38.6 Å². The Bertz CT molecular complexity index is 1580. The topological polar surface area (TPSA) is 96.2 Å². The van der Waals surface area contributed by atoms with Crippen LogP contribution < -0.4 is 15.9 Å². The second kappa shape index (κ2) is 9.08. The van der Waals surface area contributed by atoms with Gasteiger partial charge in [0.05, 0.1) is 33.0 Å². The summed E-state index contributed by atoms with van der Waals surface area (Å²) in [5.74, 6) is -0.210. The van der Waals surface area contributed by atoms with E-state index in [1.807, 2.05) is 13.0 Å². The number of halogens is 2. The molecule has 1 aliphatic heterocycles. The molecule has 8 nitrogen and oxygen atoms in total. The lowest BCUT2D eigenvalue weighted by Gasteiger charge is -2.35. The van der Waals surface area contributed by atoms with Crippen molar-refractivity contribution in [3.63, 3.8) is 0 Å². The highest BCUT2D eigenvalue weighted by molar-refractivity contribution is 6.34. The van der Waals surface area contributed by atoms with Crippen LogP contribution in [0.25, 0.3) is 28.0 Å². The normalized spacial score (nSPS) is 17.9. The molecule has 0 spiro atoms. The summed E-state index contributed by atoms with van der Waals surface area (Å²) in [6, 6.07) is 7.63. The molecule has 4 heterocycles. The van der Waals surface area contributed by atoms with Crippen molar-refractivity contribution in [2.24, 2.45) is 0 Å². The molecule has 3 aromatic heterocycles. The first-order chi connectivity index (χ1) is 17.8. The number of aromatic hydroxyl groups is 1. The van der Waals surface area contributed by atoms with Crippen molar-refractivity contribution in [1.29, 1.82) is 0 Å². The monoisotopic (exact) mass is 520 g/mol. The molecule has 1 aromatic carbocycles. The lowest BCUT2D eigenvalue weighted by molar-refractivity contribution is 0.471. The minimum Gasteiger partial charge on any atom is -0.507 e. The van der Waals surface area contributed by atoms with Gasteiger partial charge in [0.15, 0.2) is 5.65 Å². The predicted octanol–water partition coefficient (Wildman–Crippen LogP) is 4.32. The molecule has 6 rings (SSSR count). The highest BCUT2D eigenvalue weighted by atomic mass is 35.5. The molecule has 4 aromatic rings. The van der Waals surface area contributed by atoms with E-state index in [2.05, 4.69) is 27.1 Å². The van der Waals surface area contributed by atoms with Crippen LogP contribution in [0, 0.1) is 12.7 Å². The van der Waals surface area contributed by atoms with Gasteiger partial charge in [0, 0.05) is 37.8 Å². The fraction of sp³-hybridized carbons (Fsp3) is 0.333. The number of piperazine rings is 1. The van der Waals surface area contributed by atoms with Gasteiger partial charge < -0.3 is 15.3 Å². The molecule has 1 saturated heterocycles. The molecule has 0 bridgehead atoms. The van der Waals surface area contributed by atoms with Gasteiger partial charge in [-0.2, -0.15) is 4.98 Å². The van der Waals surface area contributed by atoms with Crippen LogP contribution in [-0.2, 0) is 0 Å². The van der Waals surface area contributed by atoms with E-state index in [9.17, 15) is 14.3 Å². The Kier molecular flexibility index (Phi) is 5.84. The number of aromatic nitrogens is 4. The maximum Gasteiger partial charge on any atom is 0.355 e. The summed E-state index contributed by atoms with van der Waals surface area (Å²) >= 11 is 6.69. The van der Waals surface area contributed by atoms with E-state index >= 15 is 0 Å². The zero-order valence-electron chi connectivity index (χ0n) is 20.5.